The maximum absolute atomic E-state index is 12.5. The van der Waals surface area contributed by atoms with Crippen molar-refractivity contribution in [3.63, 3.8) is 0 Å². The number of anilines is 1. The monoisotopic (exact) mass is 536 g/mol. The van der Waals surface area contributed by atoms with E-state index in [9.17, 15) is 23.1 Å². The van der Waals surface area contributed by atoms with Crippen molar-refractivity contribution in [1.82, 2.24) is 15.0 Å². The Morgan fingerprint density at radius 3 is 2.43 bits per heavy atom. The fraction of sp³-hybridized carbons (Fsp3) is 0.115. The minimum absolute atomic E-state index is 0.0156. The maximum Gasteiger partial charge on any atom is 0.322 e. The van der Waals surface area contributed by atoms with Crippen LogP contribution in [-0.4, -0.2) is 36.6 Å². The van der Waals surface area contributed by atoms with E-state index in [4.69, 9.17) is 0 Å². The topological polar surface area (TPSA) is 137 Å². The van der Waals surface area contributed by atoms with Crippen LogP contribution < -0.4 is 15.4 Å². The molecule has 0 unspecified atom stereocenters. The summed E-state index contributed by atoms with van der Waals surface area (Å²) in [6.07, 6.45) is 1.65. The number of carboxylic acid groups (broad SMARTS) is 1. The number of aromatic nitrogens is 1. The second-order valence-corrected chi connectivity index (χ2v) is 10.9. The number of amides is 2. The zero-order chi connectivity index (χ0) is 26.3. The molecule has 1 atom stereocenters. The molecular weight excluding hydrogens is 512 g/mol. The number of sulfonamides is 1. The van der Waals surface area contributed by atoms with Gasteiger partial charge in [0, 0.05) is 11.9 Å². The van der Waals surface area contributed by atoms with Crippen LogP contribution in [0.4, 0.5) is 10.5 Å². The maximum atomic E-state index is 12.5. The average molecular weight is 537 g/mol. The zero-order valence-electron chi connectivity index (χ0n) is 19.5. The minimum Gasteiger partial charge on any atom is -0.480 e. The minimum atomic E-state index is -3.92. The highest BCUT2D eigenvalue weighted by Crippen LogP contribution is 2.24. The van der Waals surface area contributed by atoms with Crippen LogP contribution in [0.25, 0.3) is 11.1 Å². The van der Waals surface area contributed by atoms with Crippen LogP contribution in [0.15, 0.2) is 94.6 Å². The van der Waals surface area contributed by atoms with E-state index >= 15 is 0 Å². The first-order valence-electron chi connectivity index (χ1n) is 11.2. The number of rotatable bonds is 10. The van der Waals surface area contributed by atoms with Crippen molar-refractivity contribution in [1.29, 1.82) is 0 Å². The van der Waals surface area contributed by atoms with E-state index in [0.717, 1.165) is 28.2 Å². The lowest BCUT2D eigenvalue weighted by Gasteiger charge is -2.14. The molecule has 0 saturated carbocycles. The standard InChI is InChI=1S/C26H24N4O5S2/c31-25(32)23(30-37(34,35)24-8-4-14-36-24)15-18-9-11-19(12-10-18)20-5-3-7-21(16-20)29-26(33)28-17-22-6-1-2-13-27-22/h1-14,16,23,30H,15,17H2,(H,31,32)(H2,28,29,33)/t23-/m0/s1. The van der Waals surface area contributed by atoms with Gasteiger partial charge in [-0.2, -0.15) is 4.72 Å². The Labute approximate surface area is 218 Å². The molecule has 2 aromatic heterocycles. The van der Waals surface area contributed by atoms with Gasteiger partial charge in [-0.15, -0.1) is 11.3 Å². The van der Waals surface area contributed by atoms with Gasteiger partial charge in [0.15, 0.2) is 0 Å². The highest BCUT2D eigenvalue weighted by atomic mass is 32.2. The van der Waals surface area contributed by atoms with Crippen molar-refractivity contribution in [3.05, 3.63) is 102 Å². The molecule has 4 rings (SSSR count). The lowest BCUT2D eigenvalue weighted by atomic mass is 10.0. The highest BCUT2D eigenvalue weighted by Gasteiger charge is 2.26. The molecule has 0 saturated heterocycles. The summed E-state index contributed by atoms with van der Waals surface area (Å²) in [5.41, 5.74) is 3.72. The van der Waals surface area contributed by atoms with Gasteiger partial charge in [-0.1, -0.05) is 48.5 Å². The normalized spacial score (nSPS) is 12.0. The van der Waals surface area contributed by atoms with Gasteiger partial charge in [-0.3, -0.25) is 9.78 Å². The Morgan fingerprint density at radius 1 is 0.946 bits per heavy atom. The second-order valence-electron chi connectivity index (χ2n) is 8.05. The Balaban J connectivity index is 1.39. The predicted octanol–water partition coefficient (Wildman–Crippen LogP) is 4.11. The number of urea groups is 1. The lowest BCUT2D eigenvalue weighted by Crippen LogP contribution is -2.42. The van der Waals surface area contributed by atoms with Crippen LogP contribution in [0.2, 0.25) is 0 Å². The van der Waals surface area contributed by atoms with E-state index < -0.39 is 22.0 Å². The van der Waals surface area contributed by atoms with Crippen LogP contribution in [0, 0.1) is 0 Å². The van der Waals surface area contributed by atoms with E-state index in [1.807, 2.05) is 42.5 Å². The van der Waals surface area contributed by atoms with Crippen molar-refractivity contribution in [2.24, 2.45) is 0 Å². The van der Waals surface area contributed by atoms with Gasteiger partial charge in [0.1, 0.15) is 10.3 Å². The number of carbonyl (C=O) groups excluding carboxylic acids is 1. The fourth-order valence-corrected chi connectivity index (χ4v) is 5.73. The van der Waals surface area contributed by atoms with Crippen molar-refractivity contribution < 1.29 is 23.1 Å². The van der Waals surface area contributed by atoms with E-state index in [1.54, 1.807) is 41.9 Å². The molecule has 0 aliphatic rings. The fourth-order valence-electron chi connectivity index (χ4n) is 3.54. The Bertz CT molecular complexity index is 1460. The van der Waals surface area contributed by atoms with Gasteiger partial charge in [-0.25, -0.2) is 13.2 Å². The third-order valence-electron chi connectivity index (χ3n) is 5.36. The Hall–Kier alpha value is -4.06. The van der Waals surface area contributed by atoms with Crippen molar-refractivity contribution in [2.45, 2.75) is 23.2 Å². The van der Waals surface area contributed by atoms with Crippen LogP contribution in [0.5, 0.6) is 0 Å². The van der Waals surface area contributed by atoms with Gasteiger partial charge in [0.2, 0.25) is 0 Å². The van der Waals surface area contributed by atoms with Crippen molar-refractivity contribution >= 4 is 39.0 Å². The molecule has 2 amide bonds. The van der Waals surface area contributed by atoms with Crippen molar-refractivity contribution in [3.8, 4) is 11.1 Å². The summed E-state index contributed by atoms with van der Waals surface area (Å²) in [7, 11) is -3.92. The Kier molecular flexibility index (Phi) is 8.29. The largest absolute Gasteiger partial charge is 0.480 e. The molecular formula is C26H24N4O5S2. The number of carboxylic acids is 1. The molecule has 2 aromatic carbocycles. The number of pyridine rings is 1. The number of hydrogen-bond acceptors (Lipinski definition) is 6. The van der Waals surface area contributed by atoms with Crippen LogP contribution in [0.3, 0.4) is 0 Å². The number of thiophene rings is 1. The number of hydrogen-bond donors (Lipinski definition) is 4. The van der Waals surface area contributed by atoms with E-state index in [0.29, 0.717) is 17.8 Å². The van der Waals surface area contributed by atoms with Gasteiger partial charge >= 0.3 is 12.0 Å². The molecule has 11 heteroatoms. The number of aliphatic carboxylic acids is 1. The molecule has 37 heavy (non-hydrogen) atoms. The van der Waals surface area contributed by atoms with Crippen LogP contribution in [0.1, 0.15) is 11.3 Å². The summed E-state index contributed by atoms with van der Waals surface area (Å²) in [6.45, 7) is 0.300. The first-order chi connectivity index (χ1) is 17.8. The SMILES string of the molecule is O=C(NCc1ccccn1)Nc1cccc(-c2ccc(C[C@H](NS(=O)(=O)c3cccs3)C(=O)O)cc2)c1. The van der Waals surface area contributed by atoms with Crippen LogP contribution >= 0.6 is 11.3 Å². The number of nitrogens with one attached hydrogen (secondary N) is 3. The molecule has 9 nitrogen and oxygen atoms in total. The number of carbonyl (C=O) groups is 2. The third-order valence-corrected chi connectivity index (χ3v) is 8.23. The summed E-state index contributed by atoms with van der Waals surface area (Å²) in [5.74, 6) is -1.26. The molecule has 4 aromatic rings. The number of nitrogens with zero attached hydrogens (tertiary/aromatic N) is 1. The molecule has 4 N–H and O–H groups in total. The number of benzene rings is 2. The lowest BCUT2D eigenvalue weighted by molar-refractivity contribution is -0.138. The summed E-state index contributed by atoms with van der Waals surface area (Å²) < 4.78 is 27.2. The van der Waals surface area contributed by atoms with Gasteiger partial charge < -0.3 is 15.7 Å². The molecule has 2 heterocycles. The summed E-state index contributed by atoms with van der Waals surface area (Å²) in [4.78, 5) is 28.2. The Morgan fingerprint density at radius 2 is 1.76 bits per heavy atom. The summed E-state index contributed by atoms with van der Waals surface area (Å²) in [5, 5.41) is 16.7. The van der Waals surface area contributed by atoms with E-state index in [1.165, 1.54) is 6.07 Å². The van der Waals surface area contributed by atoms with E-state index in [2.05, 4.69) is 20.3 Å². The first kappa shape index (κ1) is 26.0. The molecule has 0 bridgehead atoms. The summed E-state index contributed by atoms with van der Waals surface area (Å²) in [6, 6.07) is 21.3. The highest BCUT2D eigenvalue weighted by molar-refractivity contribution is 7.91. The smallest absolute Gasteiger partial charge is 0.322 e. The molecule has 0 fully saturated rings. The zero-order valence-corrected chi connectivity index (χ0v) is 21.1. The van der Waals surface area contributed by atoms with Gasteiger partial charge in [0.05, 0.1) is 12.2 Å². The van der Waals surface area contributed by atoms with Crippen LogP contribution in [-0.2, 0) is 27.8 Å². The first-order valence-corrected chi connectivity index (χ1v) is 13.6. The summed E-state index contributed by atoms with van der Waals surface area (Å²) >= 11 is 1.02. The predicted molar refractivity (Wildman–Crippen MR) is 142 cm³/mol. The molecule has 190 valence electrons. The molecule has 0 aliphatic heterocycles. The quantitative estimate of drug-likeness (QED) is 0.241. The molecule has 0 radical (unpaired) electrons. The molecule has 0 spiro atoms. The second kappa shape index (κ2) is 11.8. The van der Waals surface area contributed by atoms with Crippen molar-refractivity contribution in [2.75, 3.05) is 5.32 Å². The third kappa shape index (κ3) is 7.23. The van der Waals surface area contributed by atoms with Gasteiger partial charge in [0.25, 0.3) is 10.0 Å². The van der Waals surface area contributed by atoms with Gasteiger partial charge in [-0.05, 0) is 58.8 Å². The molecule has 0 aliphatic carbocycles. The average Bonchev–Trinajstić information content (AvgIpc) is 3.45. The van der Waals surface area contributed by atoms with E-state index in [-0.39, 0.29) is 16.7 Å².